The number of halogens is 1. The first kappa shape index (κ1) is 14.3. The Morgan fingerprint density at radius 3 is 2.80 bits per heavy atom. The fraction of sp³-hybridized carbons (Fsp3) is 0.214. The van der Waals surface area contributed by atoms with Gasteiger partial charge in [0, 0.05) is 19.4 Å². The molecule has 20 heavy (non-hydrogen) atoms. The largest absolute Gasteiger partial charge is 0.437 e. The third-order valence-corrected chi connectivity index (χ3v) is 2.64. The number of benzene rings is 1. The van der Waals surface area contributed by atoms with Gasteiger partial charge in [-0.2, -0.15) is 4.98 Å². The lowest BCUT2D eigenvalue weighted by Crippen LogP contribution is -2.07. The molecule has 0 spiro atoms. The van der Waals surface area contributed by atoms with Gasteiger partial charge in [-0.3, -0.25) is 4.79 Å². The first-order chi connectivity index (χ1) is 9.58. The molecule has 2 rings (SSSR count). The second kappa shape index (κ2) is 6.34. The molecule has 0 fully saturated rings. The molecule has 104 valence electrons. The number of aromatic nitrogens is 2. The van der Waals surface area contributed by atoms with Gasteiger partial charge in [-0.05, 0) is 12.1 Å². The molecular formula is C14H14ClN3O2. The van der Waals surface area contributed by atoms with Crippen LogP contribution in [0.1, 0.15) is 19.7 Å². The molecule has 1 aromatic carbocycles. The summed E-state index contributed by atoms with van der Waals surface area (Å²) >= 11 is 5.92. The van der Waals surface area contributed by atoms with Crippen LogP contribution in [0, 0.1) is 0 Å². The van der Waals surface area contributed by atoms with Crippen LogP contribution in [0.25, 0.3) is 0 Å². The Kier molecular flexibility index (Phi) is 4.53. The monoisotopic (exact) mass is 291 g/mol. The molecule has 0 aliphatic heterocycles. The topological polar surface area (TPSA) is 64.1 Å². The lowest BCUT2D eigenvalue weighted by Gasteiger charge is -2.11. The number of ether oxygens (including phenoxy) is 1. The molecule has 0 saturated carbocycles. The van der Waals surface area contributed by atoms with E-state index in [1.165, 1.54) is 13.0 Å². The molecule has 0 radical (unpaired) electrons. The van der Waals surface area contributed by atoms with Gasteiger partial charge in [0.2, 0.25) is 11.8 Å². The number of aryl methyl sites for hydroxylation is 1. The Hall–Kier alpha value is -2.14. The number of carbonyl (C=O) groups excluding carboxylic acids is 1. The van der Waals surface area contributed by atoms with E-state index in [1.54, 1.807) is 12.1 Å². The summed E-state index contributed by atoms with van der Waals surface area (Å²) in [6.07, 6.45) is 0.657. The first-order valence-corrected chi connectivity index (χ1v) is 6.54. The standard InChI is InChI=1S/C14H14ClN3O2/c1-3-13-17-12(15)8-14(18-13)20-11-7-5-4-6-10(11)16-9(2)19/h4-8H,3H2,1-2H3,(H,16,19). The third kappa shape index (κ3) is 3.68. The number of nitrogens with zero attached hydrogens (tertiary/aromatic N) is 2. The van der Waals surface area contributed by atoms with Crippen molar-refractivity contribution in [1.82, 2.24) is 9.97 Å². The van der Waals surface area contributed by atoms with Crippen molar-refractivity contribution in [2.45, 2.75) is 20.3 Å². The highest BCUT2D eigenvalue weighted by Gasteiger charge is 2.08. The van der Waals surface area contributed by atoms with E-state index >= 15 is 0 Å². The first-order valence-electron chi connectivity index (χ1n) is 6.16. The lowest BCUT2D eigenvalue weighted by atomic mass is 10.3. The molecule has 0 bridgehead atoms. The quantitative estimate of drug-likeness (QED) is 0.876. The van der Waals surface area contributed by atoms with E-state index < -0.39 is 0 Å². The normalized spacial score (nSPS) is 10.2. The SMILES string of the molecule is CCc1nc(Cl)cc(Oc2ccccc2NC(C)=O)n1. The highest BCUT2D eigenvalue weighted by molar-refractivity contribution is 6.29. The zero-order valence-electron chi connectivity index (χ0n) is 11.2. The van der Waals surface area contributed by atoms with Gasteiger partial charge < -0.3 is 10.1 Å². The molecule has 0 unspecified atom stereocenters. The molecule has 2 aromatic rings. The molecular weight excluding hydrogens is 278 g/mol. The summed E-state index contributed by atoms with van der Waals surface area (Å²) < 4.78 is 5.68. The minimum absolute atomic E-state index is 0.170. The number of nitrogens with one attached hydrogen (secondary N) is 1. The number of anilines is 1. The van der Waals surface area contributed by atoms with Crippen LogP contribution in [0.15, 0.2) is 30.3 Å². The summed E-state index contributed by atoms with van der Waals surface area (Å²) in [5.74, 6) is 1.28. The van der Waals surface area contributed by atoms with Crippen LogP contribution >= 0.6 is 11.6 Å². The maximum Gasteiger partial charge on any atom is 0.224 e. The summed E-state index contributed by atoms with van der Waals surface area (Å²) in [6, 6.07) is 8.64. The molecule has 1 N–H and O–H groups in total. The summed E-state index contributed by atoms with van der Waals surface area (Å²) in [4.78, 5) is 19.5. The van der Waals surface area contributed by atoms with E-state index in [9.17, 15) is 4.79 Å². The fourth-order valence-corrected chi connectivity index (χ4v) is 1.80. The van der Waals surface area contributed by atoms with Gasteiger partial charge in [0.15, 0.2) is 5.75 Å². The summed E-state index contributed by atoms with van der Waals surface area (Å²) in [5, 5.41) is 3.02. The Morgan fingerprint density at radius 1 is 1.35 bits per heavy atom. The Labute approximate surface area is 122 Å². The van der Waals surface area contributed by atoms with Crippen molar-refractivity contribution in [3.05, 3.63) is 41.3 Å². The molecule has 0 aliphatic rings. The van der Waals surface area contributed by atoms with E-state index in [0.29, 0.717) is 34.7 Å². The van der Waals surface area contributed by atoms with Crippen LogP contribution in [0.3, 0.4) is 0 Å². The average molecular weight is 292 g/mol. The van der Waals surface area contributed by atoms with Gasteiger partial charge in [-0.25, -0.2) is 4.98 Å². The molecule has 0 aliphatic carbocycles. The van der Waals surface area contributed by atoms with Gasteiger partial charge in [0.25, 0.3) is 0 Å². The Balaban J connectivity index is 2.30. The second-order valence-electron chi connectivity index (χ2n) is 4.08. The Bertz CT molecular complexity index is 632. The van der Waals surface area contributed by atoms with Gasteiger partial charge in [0.1, 0.15) is 11.0 Å². The maximum atomic E-state index is 11.2. The maximum absolute atomic E-state index is 11.2. The Morgan fingerprint density at radius 2 is 2.10 bits per heavy atom. The van der Waals surface area contributed by atoms with Gasteiger partial charge >= 0.3 is 0 Å². The molecule has 6 heteroatoms. The van der Waals surface area contributed by atoms with Crippen LogP contribution in [0.2, 0.25) is 5.15 Å². The zero-order valence-corrected chi connectivity index (χ0v) is 11.9. The molecule has 1 amide bonds. The number of amides is 1. The lowest BCUT2D eigenvalue weighted by molar-refractivity contribution is -0.114. The van der Waals surface area contributed by atoms with Crippen LogP contribution in [0.4, 0.5) is 5.69 Å². The average Bonchev–Trinajstić information content (AvgIpc) is 2.39. The van der Waals surface area contributed by atoms with Crippen molar-refractivity contribution in [3.63, 3.8) is 0 Å². The third-order valence-electron chi connectivity index (χ3n) is 2.45. The predicted octanol–water partition coefficient (Wildman–Crippen LogP) is 3.44. The molecule has 0 saturated heterocycles. The van der Waals surface area contributed by atoms with Crippen LogP contribution in [0.5, 0.6) is 11.6 Å². The summed E-state index contributed by atoms with van der Waals surface area (Å²) in [5.41, 5.74) is 0.577. The molecule has 0 atom stereocenters. The molecule has 1 aromatic heterocycles. The van der Waals surface area contributed by atoms with Crippen molar-refractivity contribution in [3.8, 4) is 11.6 Å². The highest BCUT2D eigenvalue weighted by atomic mass is 35.5. The second-order valence-corrected chi connectivity index (χ2v) is 4.47. The number of para-hydroxylation sites is 2. The minimum Gasteiger partial charge on any atom is -0.437 e. The number of carbonyl (C=O) groups is 1. The zero-order chi connectivity index (χ0) is 14.5. The smallest absolute Gasteiger partial charge is 0.224 e. The van der Waals surface area contributed by atoms with E-state index in [2.05, 4.69) is 15.3 Å². The number of hydrogen-bond acceptors (Lipinski definition) is 4. The van der Waals surface area contributed by atoms with E-state index in [4.69, 9.17) is 16.3 Å². The van der Waals surface area contributed by atoms with E-state index in [-0.39, 0.29) is 5.91 Å². The van der Waals surface area contributed by atoms with Crippen LogP contribution in [-0.4, -0.2) is 15.9 Å². The highest BCUT2D eigenvalue weighted by Crippen LogP contribution is 2.29. The van der Waals surface area contributed by atoms with E-state index in [1.807, 2.05) is 19.1 Å². The summed E-state index contributed by atoms with van der Waals surface area (Å²) in [7, 11) is 0. The van der Waals surface area contributed by atoms with Crippen molar-refractivity contribution in [2.24, 2.45) is 0 Å². The molecule has 5 nitrogen and oxygen atoms in total. The van der Waals surface area contributed by atoms with Crippen molar-refractivity contribution < 1.29 is 9.53 Å². The van der Waals surface area contributed by atoms with E-state index in [0.717, 1.165) is 0 Å². The van der Waals surface area contributed by atoms with Gasteiger partial charge in [0.05, 0.1) is 5.69 Å². The van der Waals surface area contributed by atoms with Crippen molar-refractivity contribution in [1.29, 1.82) is 0 Å². The minimum atomic E-state index is -0.170. The number of hydrogen-bond donors (Lipinski definition) is 1. The fourth-order valence-electron chi connectivity index (χ4n) is 1.61. The van der Waals surface area contributed by atoms with Gasteiger partial charge in [-0.1, -0.05) is 30.7 Å². The summed E-state index contributed by atoms with van der Waals surface area (Å²) in [6.45, 7) is 3.37. The van der Waals surface area contributed by atoms with Crippen molar-refractivity contribution >= 4 is 23.2 Å². The van der Waals surface area contributed by atoms with Crippen LogP contribution < -0.4 is 10.1 Å². The van der Waals surface area contributed by atoms with Crippen LogP contribution in [-0.2, 0) is 11.2 Å². The van der Waals surface area contributed by atoms with Gasteiger partial charge in [-0.15, -0.1) is 0 Å². The molecule has 1 heterocycles. The van der Waals surface area contributed by atoms with Crippen molar-refractivity contribution in [2.75, 3.05) is 5.32 Å². The predicted molar refractivity (Wildman–Crippen MR) is 77.2 cm³/mol. The number of rotatable bonds is 4.